The number of unbranched alkanes of at least 4 members (excludes halogenated alkanes) is 29. The van der Waals surface area contributed by atoms with Crippen LogP contribution < -0.4 is 5.32 Å². The molecule has 79 heavy (non-hydrogen) atoms. The second kappa shape index (κ2) is 58.1. The zero-order chi connectivity index (χ0) is 57.2. The average molecular weight is 1100 g/mol. The molecule has 454 valence electrons. The first-order valence-corrected chi connectivity index (χ1v) is 32.6. The van der Waals surface area contributed by atoms with Crippen molar-refractivity contribution in [3.63, 3.8) is 0 Å². The third-order valence-electron chi connectivity index (χ3n) is 14.9. The number of aliphatic hydroxyl groups is 5. The van der Waals surface area contributed by atoms with Crippen LogP contribution in [0.5, 0.6) is 0 Å². The third kappa shape index (κ3) is 47.1. The van der Waals surface area contributed by atoms with Crippen molar-refractivity contribution >= 4 is 5.91 Å². The maximum atomic E-state index is 13.1. The van der Waals surface area contributed by atoms with Crippen LogP contribution >= 0.6 is 0 Å². The van der Waals surface area contributed by atoms with Gasteiger partial charge in [0.1, 0.15) is 24.4 Å². The third-order valence-corrected chi connectivity index (χ3v) is 14.9. The molecule has 1 aliphatic heterocycles. The minimum Gasteiger partial charge on any atom is -0.394 e. The number of aliphatic hydroxyl groups excluding tert-OH is 5. The molecule has 0 aromatic rings. The lowest BCUT2D eigenvalue weighted by atomic mass is 9.99. The SMILES string of the molecule is CC/C=C\C/C=C\C/C=C\C/C=C\C/C=C\C/C=C\C/C=C\C/C=C\CCCCCCCCC(=O)NC(COC1OC(CO)C(O)C(O)C1O)C(O)/C=C/CCCCCCCCCCCCCCCCCCCCCCCCC. The van der Waals surface area contributed by atoms with Crippen molar-refractivity contribution in [2.45, 2.75) is 314 Å². The van der Waals surface area contributed by atoms with Crippen LogP contribution in [0.2, 0.25) is 0 Å². The molecular weight excluding hydrogens is 983 g/mol. The first kappa shape index (κ1) is 73.9. The second-order valence-corrected chi connectivity index (χ2v) is 22.2. The van der Waals surface area contributed by atoms with Crippen LogP contribution in [-0.4, -0.2) is 87.5 Å². The predicted molar refractivity (Wildman–Crippen MR) is 336 cm³/mol. The summed E-state index contributed by atoms with van der Waals surface area (Å²) < 4.78 is 11.3. The first-order chi connectivity index (χ1) is 38.8. The number of nitrogens with one attached hydrogen (secondary N) is 1. The Bertz CT molecular complexity index is 1610. The van der Waals surface area contributed by atoms with Crippen molar-refractivity contribution in [3.8, 4) is 0 Å². The topological polar surface area (TPSA) is 149 Å². The van der Waals surface area contributed by atoms with Gasteiger partial charge >= 0.3 is 0 Å². The van der Waals surface area contributed by atoms with Crippen molar-refractivity contribution in [3.05, 3.63) is 109 Å². The highest BCUT2D eigenvalue weighted by molar-refractivity contribution is 5.76. The molecule has 0 aromatic carbocycles. The van der Waals surface area contributed by atoms with Gasteiger partial charge < -0.3 is 40.3 Å². The largest absolute Gasteiger partial charge is 0.394 e. The van der Waals surface area contributed by atoms with E-state index in [-0.39, 0.29) is 12.5 Å². The Hall–Kier alpha value is -3.15. The van der Waals surface area contributed by atoms with Gasteiger partial charge in [-0.2, -0.15) is 0 Å². The van der Waals surface area contributed by atoms with Crippen molar-refractivity contribution in [1.82, 2.24) is 5.32 Å². The molecule has 0 spiro atoms. The van der Waals surface area contributed by atoms with Crippen molar-refractivity contribution in [2.75, 3.05) is 13.2 Å². The predicted octanol–water partition coefficient (Wildman–Crippen LogP) is 17.3. The smallest absolute Gasteiger partial charge is 0.220 e. The lowest BCUT2D eigenvalue weighted by molar-refractivity contribution is -0.302. The Morgan fingerprint density at radius 1 is 0.443 bits per heavy atom. The van der Waals surface area contributed by atoms with E-state index in [0.29, 0.717) is 6.42 Å². The molecule has 7 unspecified atom stereocenters. The van der Waals surface area contributed by atoms with Crippen LogP contribution in [0.15, 0.2) is 109 Å². The molecule has 0 aromatic heterocycles. The van der Waals surface area contributed by atoms with Crippen molar-refractivity contribution in [2.24, 2.45) is 0 Å². The molecule has 0 saturated carbocycles. The average Bonchev–Trinajstić information content (AvgIpc) is 3.47. The molecule has 1 fully saturated rings. The van der Waals surface area contributed by atoms with E-state index in [2.05, 4.69) is 116 Å². The Kier molecular flexibility index (Phi) is 54.3. The summed E-state index contributed by atoms with van der Waals surface area (Å²) in [7, 11) is 0. The summed E-state index contributed by atoms with van der Waals surface area (Å²) in [6.07, 6.45) is 78.8. The van der Waals surface area contributed by atoms with Gasteiger partial charge in [-0.1, -0.05) is 290 Å². The van der Waals surface area contributed by atoms with Crippen molar-refractivity contribution < 1.29 is 39.8 Å². The quantitative estimate of drug-likeness (QED) is 0.0261. The molecular formula is C70H121NO8. The lowest BCUT2D eigenvalue weighted by Gasteiger charge is -2.40. The zero-order valence-electron chi connectivity index (χ0n) is 50.6. The van der Waals surface area contributed by atoms with Gasteiger partial charge in [0.2, 0.25) is 5.91 Å². The van der Waals surface area contributed by atoms with Crippen LogP contribution in [0.1, 0.15) is 271 Å². The fourth-order valence-corrected chi connectivity index (χ4v) is 9.76. The van der Waals surface area contributed by atoms with Gasteiger partial charge in [0, 0.05) is 6.42 Å². The summed E-state index contributed by atoms with van der Waals surface area (Å²) in [4.78, 5) is 13.1. The highest BCUT2D eigenvalue weighted by Gasteiger charge is 2.44. The van der Waals surface area contributed by atoms with E-state index in [0.717, 1.165) is 116 Å². The van der Waals surface area contributed by atoms with Gasteiger partial charge in [0.15, 0.2) is 6.29 Å². The minimum absolute atomic E-state index is 0.193. The van der Waals surface area contributed by atoms with Gasteiger partial charge in [-0.25, -0.2) is 0 Å². The number of carbonyl (C=O) groups excluding carboxylic acids is 1. The number of hydrogen-bond acceptors (Lipinski definition) is 8. The van der Waals surface area contributed by atoms with Crippen LogP contribution in [0.3, 0.4) is 0 Å². The summed E-state index contributed by atoms with van der Waals surface area (Å²) in [5, 5.41) is 54.7. The van der Waals surface area contributed by atoms with E-state index in [1.165, 1.54) is 135 Å². The van der Waals surface area contributed by atoms with Gasteiger partial charge in [-0.05, 0) is 83.5 Å². The van der Waals surface area contributed by atoms with E-state index in [9.17, 15) is 30.3 Å². The number of allylic oxidation sites excluding steroid dienone is 17. The summed E-state index contributed by atoms with van der Waals surface area (Å²) in [5.74, 6) is -0.193. The molecule has 1 rings (SSSR count). The molecule has 1 aliphatic rings. The van der Waals surface area contributed by atoms with E-state index in [4.69, 9.17) is 9.47 Å². The number of hydrogen-bond donors (Lipinski definition) is 6. The maximum absolute atomic E-state index is 13.1. The molecule has 1 saturated heterocycles. The molecule has 7 atom stereocenters. The Morgan fingerprint density at radius 2 is 0.785 bits per heavy atom. The first-order valence-electron chi connectivity index (χ1n) is 32.6. The second-order valence-electron chi connectivity index (χ2n) is 22.2. The lowest BCUT2D eigenvalue weighted by Crippen LogP contribution is -2.60. The minimum atomic E-state index is -1.58. The van der Waals surface area contributed by atoms with E-state index in [1.807, 2.05) is 6.08 Å². The highest BCUT2D eigenvalue weighted by Crippen LogP contribution is 2.23. The molecule has 9 heteroatoms. The van der Waals surface area contributed by atoms with Gasteiger partial charge in [-0.3, -0.25) is 4.79 Å². The van der Waals surface area contributed by atoms with E-state index >= 15 is 0 Å². The number of rotatable bonds is 55. The van der Waals surface area contributed by atoms with Gasteiger partial charge in [-0.15, -0.1) is 0 Å². The Labute approximate surface area is 485 Å². The van der Waals surface area contributed by atoms with Gasteiger partial charge in [0.05, 0.1) is 25.4 Å². The molecule has 1 heterocycles. The maximum Gasteiger partial charge on any atom is 0.220 e. The molecule has 0 bridgehead atoms. The van der Waals surface area contributed by atoms with Gasteiger partial charge in [0.25, 0.3) is 0 Å². The standard InChI is InChI=1S/C70H121NO8/c1-3-5-7-9-11-13-15-17-19-21-23-25-27-29-30-31-32-33-34-36-38-40-42-44-46-48-50-52-54-56-58-60-66(74)71-63(62-78-70-69(77)68(76)67(75)65(61-72)79-70)64(73)59-57-55-53-51-49-47-45-43-41-39-37-35-28-26-24-22-20-18-16-14-12-10-8-6-4-2/h5,7,11,13,17,19,23,25,29-30,32-33,36,38,42,44,57,59,63-65,67-70,72-73,75-77H,3-4,6,8-10,12,14-16,18,20-22,24,26-28,31,34-35,37,39-41,43,45-56,58,60-62H2,1-2H3,(H,71,74)/b7-5-,13-11-,19-17-,25-23-,30-29-,33-32-,38-36-,44-42-,59-57+. The molecule has 9 nitrogen and oxygen atoms in total. The summed E-state index contributed by atoms with van der Waals surface area (Å²) >= 11 is 0. The van der Waals surface area contributed by atoms with Crippen molar-refractivity contribution in [1.29, 1.82) is 0 Å². The summed E-state index contributed by atoms with van der Waals surface area (Å²) in [6.45, 7) is 3.67. The van der Waals surface area contributed by atoms with Crippen LogP contribution in [0.4, 0.5) is 0 Å². The van der Waals surface area contributed by atoms with Crippen LogP contribution in [0, 0.1) is 0 Å². The zero-order valence-corrected chi connectivity index (χ0v) is 50.6. The van der Waals surface area contributed by atoms with E-state index in [1.54, 1.807) is 6.08 Å². The molecule has 0 aliphatic carbocycles. The van der Waals surface area contributed by atoms with E-state index < -0.39 is 49.5 Å². The monoisotopic (exact) mass is 1100 g/mol. The highest BCUT2D eigenvalue weighted by atomic mass is 16.7. The van der Waals surface area contributed by atoms with Crippen LogP contribution in [-0.2, 0) is 14.3 Å². The summed E-state index contributed by atoms with van der Waals surface area (Å²) in [6, 6.07) is -0.823. The molecule has 6 N–H and O–H groups in total. The fraction of sp³-hybridized carbons (Fsp3) is 0.729. The number of amides is 1. The molecule has 1 amide bonds. The number of ether oxygens (including phenoxy) is 2. The van der Waals surface area contributed by atoms with Crippen LogP contribution in [0.25, 0.3) is 0 Å². The Morgan fingerprint density at radius 3 is 1.16 bits per heavy atom. The normalized spacial score (nSPS) is 19.3. The fourth-order valence-electron chi connectivity index (χ4n) is 9.76. The number of carbonyl (C=O) groups is 1. The molecule has 0 radical (unpaired) electrons. The summed E-state index contributed by atoms with van der Waals surface area (Å²) in [5.41, 5.74) is 0. The Balaban J connectivity index is 2.22.